The summed E-state index contributed by atoms with van der Waals surface area (Å²) in [6.07, 6.45) is 0.497. The predicted octanol–water partition coefficient (Wildman–Crippen LogP) is 2.33. The van der Waals surface area contributed by atoms with Crippen molar-refractivity contribution in [2.75, 3.05) is 13.7 Å². The summed E-state index contributed by atoms with van der Waals surface area (Å²) in [5, 5.41) is 12.1. The Hall–Kier alpha value is -1.14. The average Bonchev–Trinajstić information content (AvgIpc) is 2.82. The molecule has 0 amide bonds. The van der Waals surface area contributed by atoms with Crippen molar-refractivity contribution in [3.05, 3.63) is 28.0 Å². The van der Waals surface area contributed by atoms with Crippen molar-refractivity contribution in [2.24, 2.45) is 5.92 Å². The summed E-state index contributed by atoms with van der Waals surface area (Å²) in [7, 11) is 1.40. The fourth-order valence-corrected chi connectivity index (χ4v) is 2.57. The number of hydrogen-bond acceptors (Lipinski definition) is 3. The summed E-state index contributed by atoms with van der Waals surface area (Å²) >= 11 is 3.13. The number of hydrogen-bond donors (Lipinski definition) is 2. The molecular weight excluding hydrogens is 305 g/mol. The SMILES string of the molecule is COc1cc(C2CC(C(=O)O)CN2)cc(Br)c1F. The molecule has 2 atom stereocenters. The molecule has 0 aromatic heterocycles. The molecule has 2 unspecified atom stereocenters. The van der Waals surface area contributed by atoms with E-state index in [1.54, 1.807) is 12.1 Å². The molecule has 0 radical (unpaired) electrons. The minimum absolute atomic E-state index is 0.0862. The quantitative estimate of drug-likeness (QED) is 0.898. The maximum absolute atomic E-state index is 13.6. The third kappa shape index (κ3) is 2.49. The number of methoxy groups -OCH3 is 1. The summed E-state index contributed by atoms with van der Waals surface area (Å²) < 4.78 is 18.9. The highest BCUT2D eigenvalue weighted by atomic mass is 79.9. The normalized spacial score (nSPS) is 23.1. The van der Waals surface area contributed by atoms with Crippen molar-refractivity contribution < 1.29 is 19.0 Å². The Labute approximate surface area is 112 Å². The van der Waals surface area contributed by atoms with Gasteiger partial charge in [-0.15, -0.1) is 0 Å². The van der Waals surface area contributed by atoms with Crippen molar-refractivity contribution in [1.29, 1.82) is 0 Å². The highest BCUT2D eigenvalue weighted by Crippen LogP contribution is 2.34. The molecule has 2 rings (SSSR count). The standard InChI is InChI=1S/C12H13BrFNO3/c1-18-10-4-6(2-8(13)11(10)14)9-3-7(5-15-9)12(16)17/h2,4,7,9,15H,3,5H2,1H3,(H,16,17). The van der Waals surface area contributed by atoms with Gasteiger partial charge in [-0.2, -0.15) is 0 Å². The van der Waals surface area contributed by atoms with Crippen LogP contribution in [0.2, 0.25) is 0 Å². The van der Waals surface area contributed by atoms with Crippen molar-refractivity contribution in [3.63, 3.8) is 0 Å². The van der Waals surface area contributed by atoms with Gasteiger partial charge in [-0.1, -0.05) is 0 Å². The second-order valence-corrected chi connectivity index (χ2v) is 5.11. The van der Waals surface area contributed by atoms with Crippen LogP contribution in [0.15, 0.2) is 16.6 Å². The zero-order valence-corrected chi connectivity index (χ0v) is 11.3. The van der Waals surface area contributed by atoms with Crippen LogP contribution in [-0.2, 0) is 4.79 Å². The molecule has 18 heavy (non-hydrogen) atoms. The highest BCUT2D eigenvalue weighted by Gasteiger charge is 2.30. The van der Waals surface area contributed by atoms with Crippen molar-refractivity contribution in [1.82, 2.24) is 5.32 Å². The molecule has 1 heterocycles. The molecule has 1 aliphatic heterocycles. The van der Waals surface area contributed by atoms with Gasteiger partial charge in [0.25, 0.3) is 0 Å². The number of rotatable bonds is 3. The molecule has 2 N–H and O–H groups in total. The molecule has 6 heteroatoms. The van der Waals surface area contributed by atoms with Gasteiger partial charge in [-0.3, -0.25) is 4.79 Å². The number of halogens is 2. The van der Waals surface area contributed by atoms with E-state index in [4.69, 9.17) is 9.84 Å². The third-order valence-electron chi connectivity index (χ3n) is 3.12. The lowest BCUT2D eigenvalue weighted by Crippen LogP contribution is -2.17. The molecule has 1 saturated heterocycles. The van der Waals surface area contributed by atoms with E-state index < -0.39 is 17.7 Å². The first-order valence-corrected chi connectivity index (χ1v) is 6.31. The van der Waals surface area contributed by atoms with E-state index in [-0.39, 0.29) is 11.8 Å². The Morgan fingerprint density at radius 1 is 1.61 bits per heavy atom. The van der Waals surface area contributed by atoms with Crippen LogP contribution < -0.4 is 10.1 Å². The van der Waals surface area contributed by atoms with Crippen molar-refractivity contribution in [2.45, 2.75) is 12.5 Å². The van der Waals surface area contributed by atoms with Crippen LogP contribution in [0.4, 0.5) is 4.39 Å². The Morgan fingerprint density at radius 3 is 2.89 bits per heavy atom. The molecule has 0 spiro atoms. The zero-order chi connectivity index (χ0) is 13.3. The minimum atomic E-state index is -0.807. The van der Waals surface area contributed by atoms with E-state index in [0.29, 0.717) is 17.4 Å². The van der Waals surface area contributed by atoms with Crippen LogP contribution in [0, 0.1) is 11.7 Å². The molecule has 98 valence electrons. The van der Waals surface area contributed by atoms with Gasteiger partial charge in [0.05, 0.1) is 17.5 Å². The van der Waals surface area contributed by atoms with Gasteiger partial charge in [0.1, 0.15) is 0 Å². The Bertz CT molecular complexity index is 481. The number of nitrogens with one attached hydrogen (secondary N) is 1. The monoisotopic (exact) mass is 317 g/mol. The second-order valence-electron chi connectivity index (χ2n) is 4.25. The Morgan fingerprint density at radius 2 is 2.33 bits per heavy atom. The molecule has 1 aromatic rings. The van der Waals surface area contributed by atoms with E-state index in [0.717, 1.165) is 5.56 Å². The lowest BCUT2D eigenvalue weighted by Gasteiger charge is -2.13. The van der Waals surface area contributed by atoms with Crippen molar-refractivity contribution in [3.8, 4) is 5.75 Å². The van der Waals surface area contributed by atoms with Gasteiger partial charge in [0.15, 0.2) is 11.6 Å². The van der Waals surface area contributed by atoms with Crippen LogP contribution in [0.1, 0.15) is 18.0 Å². The van der Waals surface area contributed by atoms with Crippen LogP contribution in [0.5, 0.6) is 5.75 Å². The molecule has 0 bridgehead atoms. The van der Waals surface area contributed by atoms with Crippen LogP contribution >= 0.6 is 15.9 Å². The molecular formula is C12H13BrFNO3. The number of carboxylic acid groups (broad SMARTS) is 1. The van der Waals surface area contributed by atoms with E-state index in [1.165, 1.54) is 7.11 Å². The lowest BCUT2D eigenvalue weighted by molar-refractivity contribution is -0.141. The minimum Gasteiger partial charge on any atom is -0.494 e. The fourth-order valence-electron chi connectivity index (χ4n) is 2.11. The van der Waals surface area contributed by atoms with Crippen LogP contribution in [-0.4, -0.2) is 24.7 Å². The topological polar surface area (TPSA) is 58.6 Å². The number of aliphatic carboxylic acids is 1. The summed E-state index contributed by atoms with van der Waals surface area (Å²) in [6, 6.07) is 3.17. The number of carbonyl (C=O) groups is 1. The first-order chi connectivity index (χ1) is 8.52. The van der Waals surface area contributed by atoms with Gasteiger partial charge in [-0.05, 0) is 40.0 Å². The molecule has 0 aliphatic carbocycles. The smallest absolute Gasteiger partial charge is 0.307 e. The molecule has 1 aromatic carbocycles. The highest BCUT2D eigenvalue weighted by molar-refractivity contribution is 9.10. The van der Waals surface area contributed by atoms with Crippen LogP contribution in [0.3, 0.4) is 0 Å². The fraction of sp³-hybridized carbons (Fsp3) is 0.417. The summed E-state index contributed by atoms with van der Waals surface area (Å²) in [5.74, 6) is -1.50. The van der Waals surface area contributed by atoms with E-state index in [9.17, 15) is 9.18 Å². The second kappa shape index (κ2) is 5.24. The molecule has 0 saturated carbocycles. The maximum Gasteiger partial charge on any atom is 0.307 e. The lowest BCUT2D eigenvalue weighted by atomic mass is 10.00. The summed E-state index contributed by atoms with van der Waals surface area (Å²) in [6.45, 7) is 0.428. The van der Waals surface area contributed by atoms with Gasteiger partial charge in [0.2, 0.25) is 0 Å². The van der Waals surface area contributed by atoms with E-state index in [2.05, 4.69) is 21.2 Å². The first kappa shape index (κ1) is 13.3. The molecule has 1 aliphatic rings. The van der Waals surface area contributed by atoms with Gasteiger partial charge in [0, 0.05) is 12.6 Å². The van der Waals surface area contributed by atoms with E-state index in [1.807, 2.05) is 0 Å². The maximum atomic E-state index is 13.6. The first-order valence-electron chi connectivity index (χ1n) is 5.52. The summed E-state index contributed by atoms with van der Waals surface area (Å²) in [5.41, 5.74) is 0.823. The Kier molecular flexibility index (Phi) is 3.87. The summed E-state index contributed by atoms with van der Waals surface area (Å²) in [4.78, 5) is 10.9. The average molecular weight is 318 g/mol. The van der Waals surface area contributed by atoms with Gasteiger partial charge in [-0.25, -0.2) is 4.39 Å². The predicted molar refractivity (Wildman–Crippen MR) is 67.1 cm³/mol. The largest absolute Gasteiger partial charge is 0.494 e. The number of carboxylic acids is 1. The van der Waals surface area contributed by atoms with Gasteiger partial charge < -0.3 is 15.2 Å². The third-order valence-corrected chi connectivity index (χ3v) is 3.70. The number of ether oxygens (including phenoxy) is 1. The van der Waals surface area contributed by atoms with Gasteiger partial charge >= 0.3 is 5.97 Å². The van der Waals surface area contributed by atoms with Crippen LogP contribution in [0.25, 0.3) is 0 Å². The van der Waals surface area contributed by atoms with Crippen molar-refractivity contribution >= 4 is 21.9 Å². The van der Waals surface area contributed by atoms with E-state index >= 15 is 0 Å². The Balaban J connectivity index is 2.25. The molecule has 4 nitrogen and oxygen atoms in total. The zero-order valence-electron chi connectivity index (χ0n) is 9.74. The molecule has 1 fully saturated rings. The number of benzene rings is 1.